The van der Waals surface area contributed by atoms with Gasteiger partial charge in [0.2, 0.25) is 5.89 Å². The Labute approximate surface area is 118 Å². The first-order chi connectivity index (χ1) is 9.87. The van der Waals surface area contributed by atoms with Crippen molar-refractivity contribution in [3.8, 4) is 0 Å². The van der Waals surface area contributed by atoms with Crippen molar-refractivity contribution in [2.75, 3.05) is 13.1 Å². The highest BCUT2D eigenvalue weighted by molar-refractivity contribution is 5.35. The monoisotopic (exact) mass is 269 g/mol. The molecule has 4 nitrogen and oxygen atoms in total. The largest absolute Gasteiger partial charge is 0.339 e. The van der Waals surface area contributed by atoms with Gasteiger partial charge in [-0.15, -0.1) is 0 Å². The van der Waals surface area contributed by atoms with Gasteiger partial charge in [0, 0.05) is 6.42 Å². The normalized spacial score (nSPS) is 21.2. The van der Waals surface area contributed by atoms with Crippen LogP contribution in [0.2, 0.25) is 0 Å². The Hall–Kier alpha value is -1.68. The van der Waals surface area contributed by atoms with Crippen LogP contribution in [0.25, 0.3) is 0 Å². The van der Waals surface area contributed by atoms with E-state index in [9.17, 15) is 0 Å². The molecule has 0 radical (unpaired) electrons. The molecule has 4 rings (SSSR count). The van der Waals surface area contributed by atoms with Crippen molar-refractivity contribution in [1.82, 2.24) is 15.5 Å². The molecule has 2 aromatic rings. The number of aromatic nitrogens is 2. The number of benzene rings is 1. The molecule has 0 atom stereocenters. The predicted molar refractivity (Wildman–Crippen MR) is 75.4 cm³/mol. The lowest BCUT2D eigenvalue weighted by molar-refractivity contribution is 0.266. The zero-order chi connectivity index (χ0) is 13.4. The lowest BCUT2D eigenvalue weighted by Gasteiger charge is -2.39. The molecule has 0 bridgehead atoms. The molecule has 2 fully saturated rings. The molecule has 104 valence electrons. The second-order valence-corrected chi connectivity index (χ2v) is 6.04. The summed E-state index contributed by atoms with van der Waals surface area (Å²) in [4.78, 5) is 4.70. The van der Waals surface area contributed by atoms with E-state index >= 15 is 0 Å². The molecule has 1 aromatic heterocycles. The molecule has 1 saturated carbocycles. The molecule has 2 aliphatic rings. The maximum atomic E-state index is 5.49. The lowest BCUT2D eigenvalue weighted by atomic mass is 9.64. The van der Waals surface area contributed by atoms with Crippen LogP contribution in [0.15, 0.2) is 34.9 Å². The molecule has 1 aromatic carbocycles. The fraction of sp³-hybridized carbons (Fsp3) is 0.500. The first-order valence-corrected chi connectivity index (χ1v) is 7.46. The van der Waals surface area contributed by atoms with Gasteiger partial charge in [0.1, 0.15) is 0 Å². The molecule has 1 aliphatic carbocycles. The number of rotatable bonds is 4. The zero-order valence-corrected chi connectivity index (χ0v) is 11.5. The summed E-state index contributed by atoms with van der Waals surface area (Å²) in [5.74, 6) is 2.35. The summed E-state index contributed by atoms with van der Waals surface area (Å²) in [5.41, 5.74) is 1.32. The van der Waals surface area contributed by atoms with Crippen molar-refractivity contribution in [2.45, 2.75) is 31.1 Å². The lowest BCUT2D eigenvalue weighted by Crippen LogP contribution is -2.43. The van der Waals surface area contributed by atoms with Crippen molar-refractivity contribution < 1.29 is 4.52 Å². The van der Waals surface area contributed by atoms with Gasteiger partial charge < -0.3 is 9.84 Å². The Morgan fingerprint density at radius 1 is 1.20 bits per heavy atom. The maximum Gasteiger partial charge on any atom is 0.227 e. The molecule has 0 spiro atoms. The van der Waals surface area contributed by atoms with Crippen LogP contribution in [0.5, 0.6) is 0 Å². The zero-order valence-electron chi connectivity index (χ0n) is 11.5. The van der Waals surface area contributed by atoms with Gasteiger partial charge in [0.15, 0.2) is 5.82 Å². The number of nitrogens with zero attached hydrogens (tertiary/aromatic N) is 2. The fourth-order valence-electron chi connectivity index (χ4n) is 3.20. The molecular weight excluding hydrogens is 250 g/mol. The second-order valence-electron chi connectivity index (χ2n) is 6.04. The minimum absolute atomic E-state index is 0.000867. The summed E-state index contributed by atoms with van der Waals surface area (Å²) in [6.07, 6.45) is 4.40. The van der Waals surface area contributed by atoms with Gasteiger partial charge >= 0.3 is 0 Å². The summed E-state index contributed by atoms with van der Waals surface area (Å²) < 4.78 is 5.49. The van der Waals surface area contributed by atoms with Gasteiger partial charge in [-0.05, 0) is 37.4 Å². The molecule has 2 heterocycles. The third-order valence-electron chi connectivity index (χ3n) is 4.76. The Morgan fingerprint density at radius 2 is 2.00 bits per heavy atom. The minimum Gasteiger partial charge on any atom is -0.339 e. The van der Waals surface area contributed by atoms with Crippen LogP contribution in [0.4, 0.5) is 0 Å². The van der Waals surface area contributed by atoms with Crippen molar-refractivity contribution >= 4 is 0 Å². The van der Waals surface area contributed by atoms with Crippen LogP contribution in [0, 0.1) is 5.92 Å². The van der Waals surface area contributed by atoms with Gasteiger partial charge in [0.05, 0.1) is 5.41 Å². The van der Waals surface area contributed by atoms with Crippen LogP contribution in [0.1, 0.15) is 36.5 Å². The van der Waals surface area contributed by atoms with E-state index in [1.165, 1.54) is 12.0 Å². The molecule has 0 unspecified atom stereocenters. The van der Waals surface area contributed by atoms with Crippen molar-refractivity contribution in [3.63, 3.8) is 0 Å². The third kappa shape index (κ3) is 1.86. The second kappa shape index (κ2) is 4.70. The highest BCUT2D eigenvalue weighted by atomic mass is 16.5. The molecule has 1 saturated heterocycles. The first-order valence-electron chi connectivity index (χ1n) is 7.46. The quantitative estimate of drug-likeness (QED) is 0.925. The van der Waals surface area contributed by atoms with Crippen LogP contribution in [-0.2, 0) is 11.8 Å². The van der Waals surface area contributed by atoms with E-state index in [0.717, 1.165) is 44.1 Å². The molecule has 4 heteroatoms. The van der Waals surface area contributed by atoms with Gasteiger partial charge in [-0.3, -0.25) is 0 Å². The highest BCUT2D eigenvalue weighted by Crippen LogP contribution is 2.47. The van der Waals surface area contributed by atoms with Crippen LogP contribution in [-0.4, -0.2) is 23.2 Å². The van der Waals surface area contributed by atoms with Crippen LogP contribution in [0.3, 0.4) is 0 Å². The summed E-state index contributed by atoms with van der Waals surface area (Å²) in [5, 5.41) is 7.57. The first kappa shape index (κ1) is 12.1. The van der Waals surface area contributed by atoms with E-state index in [1.807, 2.05) is 0 Å². The Kier molecular flexibility index (Phi) is 2.84. The molecule has 0 amide bonds. The van der Waals surface area contributed by atoms with Gasteiger partial charge in [0.25, 0.3) is 0 Å². The van der Waals surface area contributed by atoms with Gasteiger partial charge in [-0.2, -0.15) is 4.98 Å². The Morgan fingerprint density at radius 3 is 2.60 bits per heavy atom. The average molecular weight is 269 g/mol. The Balaban J connectivity index is 1.61. The summed E-state index contributed by atoms with van der Waals surface area (Å²) in [7, 11) is 0. The van der Waals surface area contributed by atoms with Crippen molar-refractivity contribution in [2.24, 2.45) is 5.92 Å². The summed E-state index contributed by atoms with van der Waals surface area (Å²) in [6, 6.07) is 10.6. The third-order valence-corrected chi connectivity index (χ3v) is 4.76. The predicted octanol–water partition coefficient (Wildman–Crippen LogP) is 2.30. The average Bonchev–Trinajstić information content (AvgIpc) is 2.83. The standard InChI is InChI=1S/C16H19N3O/c1-2-5-13(6-3-1)16(7-4-8-16)15-18-14(20-19-15)9-12-10-17-11-12/h1-3,5-6,12,17H,4,7-11H2. The van der Waals surface area contributed by atoms with Gasteiger partial charge in [-0.1, -0.05) is 41.9 Å². The van der Waals surface area contributed by atoms with E-state index < -0.39 is 0 Å². The highest BCUT2D eigenvalue weighted by Gasteiger charge is 2.44. The topological polar surface area (TPSA) is 51.0 Å². The molecular formula is C16H19N3O. The van der Waals surface area contributed by atoms with Crippen molar-refractivity contribution in [1.29, 1.82) is 0 Å². The van der Waals surface area contributed by atoms with E-state index in [4.69, 9.17) is 9.51 Å². The van der Waals surface area contributed by atoms with Gasteiger partial charge in [-0.25, -0.2) is 0 Å². The Bertz CT molecular complexity index is 585. The van der Waals surface area contributed by atoms with Crippen LogP contribution < -0.4 is 5.32 Å². The number of hydrogen-bond donors (Lipinski definition) is 1. The number of nitrogens with one attached hydrogen (secondary N) is 1. The summed E-state index contributed by atoms with van der Waals surface area (Å²) in [6.45, 7) is 2.14. The van der Waals surface area contributed by atoms with E-state index in [2.05, 4.69) is 40.8 Å². The minimum atomic E-state index is 0.000867. The number of hydrogen-bond acceptors (Lipinski definition) is 4. The molecule has 1 aliphatic heterocycles. The van der Waals surface area contributed by atoms with E-state index in [-0.39, 0.29) is 5.41 Å². The van der Waals surface area contributed by atoms with Crippen LogP contribution >= 0.6 is 0 Å². The summed E-state index contributed by atoms with van der Waals surface area (Å²) >= 11 is 0. The molecule has 1 N–H and O–H groups in total. The molecule has 20 heavy (non-hydrogen) atoms. The SMILES string of the molecule is c1ccc(C2(c3noc(CC4CNC4)n3)CCC2)cc1. The van der Waals surface area contributed by atoms with E-state index in [1.54, 1.807) is 0 Å². The van der Waals surface area contributed by atoms with Crippen molar-refractivity contribution in [3.05, 3.63) is 47.6 Å². The fourth-order valence-corrected chi connectivity index (χ4v) is 3.20. The van der Waals surface area contributed by atoms with E-state index in [0.29, 0.717) is 5.92 Å². The smallest absolute Gasteiger partial charge is 0.227 e. The maximum absolute atomic E-state index is 5.49.